The number of benzene rings is 1. The number of carbonyl (C=O) groups excluding carboxylic acids is 1. The molecule has 0 saturated heterocycles. The van der Waals surface area contributed by atoms with Gasteiger partial charge >= 0.3 is 5.69 Å². The van der Waals surface area contributed by atoms with Gasteiger partial charge < -0.3 is 9.88 Å². The van der Waals surface area contributed by atoms with Crippen molar-refractivity contribution in [1.82, 2.24) is 24.6 Å². The number of para-hydroxylation sites is 1. The highest BCUT2D eigenvalue weighted by Crippen LogP contribution is 2.12. The molecule has 1 amide bonds. The van der Waals surface area contributed by atoms with Crippen LogP contribution in [0.1, 0.15) is 12.8 Å². The van der Waals surface area contributed by atoms with Gasteiger partial charge in [0.05, 0.1) is 11.7 Å². The molecule has 3 rings (SSSR count). The molecule has 2 aromatic heterocycles. The highest BCUT2D eigenvalue weighted by molar-refractivity contribution is 5.78. The summed E-state index contributed by atoms with van der Waals surface area (Å²) in [7, 11) is 0. The van der Waals surface area contributed by atoms with Crippen LogP contribution in [0, 0.1) is 0 Å². The molecule has 130 valence electrons. The average Bonchev–Trinajstić information content (AvgIpc) is 3.01. The highest BCUT2D eigenvalue weighted by atomic mass is 16.2. The van der Waals surface area contributed by atoms with Crippen molar-refractivity contribution in [2.45, 2.75) is 25.9 Å². The van der Waals surface area contributed by atoms with E-state index >= 15 is 0 Å². The number of H-pyrrole nitrogens is 1. The van der Waals surface area contributed by atoms with Gasteiger partial charge in [0.2, 0.25) is 5.91 Å². The largest absolute Gasteiger partial charge is 0.356 e. The standard InChI is InChI=1S/C17H19N5O3/c23-15(6-10-21-11-7-16(24)20-17(21)25)18-8-3-9-22-14-5-2-1-4-13(14)12-19-22/h1-2,4-5,7,11-12H,3,6,8-10H2,(H,18,23)(H,20,24,25). The molecule has 0 aliphatic heterocycles. The van der Waals surface area contributed by atoms with Gasteiger partial charge in [-0.25, -0.2) is 4.79 Å². The lowest BCUT2D eigenvalue weighted by atomic mass is 10.2. The minimum Gasteiger partial charge on any atom is -0.356 e. The van der Waals surface area contributed by atoms with Crippen LogP contribution in [0.15, 0.2) is 52.3 Å². The zero-order valence-electron chi connectivity index (χ0n) is 13.6. The number of fused-ring (bicyclic) bond motifs is 1. The Morgan fingerprint density at radius 2 is 2.00 bits per heavy atom. The van der Waals surface area contributed by atoms with Gasteiger partial charge in [-0.2, -0.15) is 5.10 Å². The highest BCUT2D eigenvalue weighted by Gasteiger charge is 2.04. The maximum Gasteiger partial charge on any atom is 0.328 e. The van der Waals surface area contributed by atoms with E-state index in [4.69, 9.17) is 0 Å². The summed E-state index contributed by atoms with van der Waals surface area (Å²) in [6.45, 7) is 1.48. The van der Waals surface area contributed by atoms with E-state index in [0.717, 1.165) is 17.3 Å². The molecule has 0 saturated carbocycles. The average molecular weight is 341 g/mol. The molecule has 0 radical (unpaired) electrons. The van der Waals surface area contributed by atoms with Crippen LogP contribution in [0.5, 0.6) is 0 Å². The number of hydrogen-bond acceptors (Lipinski definition) is 4. The van der Waals surface area contributed by atoms with Crippen LogP contribution in [0.4, 0.5) is 0 Å². The smallest absolute Gasteiger partial charge is 0.328 e. The van der Waals surface area contributed by atoms with Gasteiger partial charge in [-0.3, -0.25) is 19.3 Å². The van der Waals surface area contributed by atoms with E-state index in [0.29, 0.717) is 13.1 Å². The Bertz CT molecular complexity index is 985. The fraction of sp³-hybridized carbons (Fsp3) is 0.294. The van der Waals surface area contributed by atoms with E-state index in [1.54, 1.807) is 0 Å². The van der Waals surface area contributed by atoms with E-state index in [-0.39, 0.29) is 18.9 Å². The molecule has 8 heteroatoms. The monoisotopic (exact) mass is 341 g/mol. The summed E-state index contributed by atoms with van der Waals surface area (Å²) in [4.78, 5) is 36.5. The van der Waals surface area contributed by atoms with Crippen LogP contribution in [-0.4, -0.2) is 31.8 Å². The van der Waals surface area contributed by atoms with E-state index in [9.17, 15) is 14.4 Å². The van der Waals surface area contributed by atoms with Gasteiger partial charge in [0.1, 0.15) is 0 Å². The molecule has 2 heterocycles. The predicted octanol–water partition coefficient (Wildman–Crippen LogP) is 0.483. The first-order chi connectivity index (χ1) is 12.1. The fourth-order valence-electron chi connectivity index (χ4n) is 2.59. The van der Waals surface area contributed by atoms with Gasteiger partial charge in [0.15, 0.2) is 0 Å². The number of aryl methyl sites for hydroxylation is 2. The molecule has 0 aliphatic rings. The molecule has 0 unspecified atom stereocenters. The van der Waals surface area contributed by atoms with Crippen LogP contribution in [-0.2, 0) is 17.9 Å². The van der Waals surface area contributed by atoms with Crippen molar-refractivity contribution < 1.29 is 4.79 Å². The van der Waals surface area contributed by atoms with Crippen molar-refractivity contribution in [3.8, 4) is 0 Å². The van der Waals surface area contributed by atoms with E-state index < -0.39 is 11.2 Å². The molecule has 8 nitrogen and oxygen atoms in total. The molecule has 3 aromatic rings. The first-order valence-electron chi connectivity index (χ1n) is 8.10. The maximum atomic E-state index is 11.8. The van der Waals surface area contributed by atoms with Gasteiger partial charge in [-0.05, 0) is 12.5 Å². The van der Waals surface area contributed by atoms with Crippen molar-refractivity contribution in [3.05, 3.63) is 63.6 Å². The fourth-order valence-corrected chi connectivity index (χ4v) is 2.59. The number of nitrogens with one attached hydrogen (secondary N) is 2. The van der Waals surface area contributed by atoms with Gasteiger partial charge in [0, 0.05) is 43.7 Å². The molecule has 0 aliphatic carbocycles. The Labute approximate surface area is 143 Å². The predicted molar refractivity (Wildman–Crippen MR) is 93.3 cm³/mol. The summed E-state index contributed by atoms with van der Waals surface area (Å²) in [5, 5.41) is 8.26. The van der Waals surface area contributed by atoms with Gasteiger partial charge in [0.25, 0.3) is 5.56 Å². The second kappa shape index (κ2) is 7.61. The van der Waals surface area contributed by atoms with E-state index in [2.05, 4.69) is 15.4 Å². The van der Waals surface area contributed by atoms with Crippen LogP contribution < -0.4 is 16.6 Å². The molecule has 25 heavy (non-hydrogen) atoms. The first-order valence-corrected chi connectivity index (χ1v) is 8.10. The zero-order chi connectivity index (χ0) is 17.6. The Morgan fingerprint density at radius 1 is 1.16 bits per heavy atom. The topological polar surface area (TPSA) is 102 Å². The second-order valence-corrected chi connectivity index (χ2v) is 5.68. The van der Waals surface area contributed by atoms with Crippen molar-refractivity contribution >= 4 is 16.8 Å². The summed E-state index contributed by atoms with van der Waals surface area (Å²) in [5.41, 5.74) is 0.119. The first kappa shape index (κ1) is 16.7. The number of aromatic nitrogens is 4. The lowest BCUT2D eigenvalue weighted by Crippen LogP contribution is -2.31. The van der Waals surface area contributed by atoms with E-state index in [1.807, 2.05) is 35.1 Å². The molecular formula is C17H19N5O3. The molecule has 0 spiro atoms. The second-order valence-electron chi connectivity index (χ2n) is 5.68. The molecule has 0 bridgehead atoms. The normalized spacial score (nSPS) is 10.9. The van der Waals surface area contributed by atoms with Gasteiger partial charge in [-0.1, -0.05) is 18.2 Å². The maximum absolute atomic E-state index is 11.8. The summed E-state index contributed by atoms with van der Waals surface area (Å²) in [6.07, 6.45) is 4.15. The number of amides is 1. The Hall–Kier alpha value is -3.16. The number of carbonyl (C=O) groups is 1. The van der Waals surface area contributed by atoms with E-state index in [1.165, 1.54) is 16.8 Å². The lowest BCUT2D eigenvalue weighted by molar-refractivity contribution is -0.121. The van der Waals surface area contributed by atoms with Crippen molar-refractivity contribution in [1.29, 1.82) is 0 Å². The molecule has 0 atom stereocenters. The van der Waals surface area contributed by atoms with Crippen LogP contribution in [0.25, 0.3) is 10.9 Å². The van der Waals surface area contributed by atoms with Crippen LogP contribution >= 0.6 is 0 Å². The minimum atomic E-state index is -0.508. The number of hydrogen-bond donors (Lipinski definition) is 2. The van der Waals surface area contributed by atoms with Crippen molar-refractivity contribution in [3.63, 3.8) is 0 Å². The summed E-state index contributed by atoms with van der Waals surface area (Å²) in [6, 6.07) is 9.24. The molecular weight excluding hydrogens is 322 g/mol. The van der Waals surface area contributed by atoms with Gasteiger partial charge in [-0.15, -0.1) is 0 Å². The van der Waals surface area contributed by atoms with Crippen LogP contribution in [0.2, 0.25) is 0 Å². The number of aromatic amines is 1. The SMILES string of the molecule is O=C(CCn1ccc(=O)[nH]c1=O)NCCCn1ncc2ccccc21. The summed E-state index contributed by atoms with van der Waals surface area (Å²) >= 11 is 0. The third-order valence-corrected chi connectivity index (χ3v) is 3.90. The minimum absolute atomic E-state index is 0.136. The van der Waals surface area contributed by atoms with Crippen molar-refractivity contribution in [2.24, 2.45) is 0 Å². The Morgan fingerprint density at radius 3 is 2.84 bits per heavy atom. The molecule has 2 N–H and O–H groups in total. The zero-order valence-corrected chi connectivity index (χ0v) is 13.6. The molecule has 0 fully saturated rings. The lowest BCUT2D eigenvalue weighted by Gasteiger charge is -2.07. The third-order valence-electron chi connectivity index (χ3n) is 3.90. The number of nitrogens with zero attached hydrogens (tertiary/aromatic N) is 3. The quantitative estimate of drug-likeness (QED) is 0.610. The Balaban J connectivity index is 1.42. The molecule has 1 aromatic carbocycles. The summed E-state index contributed by atoms with van der Waals surface area (Å²) < 4.78 is 3.22. The Kier molecular flexibility index (Phi) is 5.08. The van der Waals surface area contributed by atoms with Crippen molar-refractivity contribution in [2.75, 3.05) is 6.54 Å². The summed E-state index contributed by atoms with van der Waals surface area (Å²) in [5.74, 6) is -0.136. The third kappa shape index (κ3) is 4.23. The van der Waals surface area contributed by atoms with Crippen LogP contribution in [0.3, 0.4) is 0 Å². The number of rotatable bonds is 7.